The van der Waals surface area contributed by atoms with Gasteiger partial charge in [0.15, 0.2) is 0 Å². The third kappa shape index (κ3) is 2.92. The van der Waals surface area contributed by atoms with E-state index in [2.05, 4.69) is 12.2 Å². The van der Waals surface area contributed by atoms with Crippen molar-refractivity contribution in [2.24, 2.45) is 0 Å². The molecule has 0 amide bonds. The number of hydrogen-bond donors (Lipinski definition) is 1. The van der Waals surface area contributed by atoms with Gasteiger partial charge in [-0.3, -0.25) is 0 Å². The maximum atomic E-state index is 13.7. The first-order valence-electron chi connectivity index (χ1n) is 5.81. The van der Waals surface area contributed by atoms with Crippen LogP contribution in [-0.2, 0) is 6.42 Å². The van der Waals surface area contributed by atoms with Gasteiger partial charge in [-0.05, 0) is 44.3 Å². The lowest BCUT2D eigenvalue weighted by atomic mass is 10.1. The SMILES string of the molecule is CNC(C)Cc1ccc(-c2cc(Cl)ccc2F)o1. The molecular weight excluding hydrogens is 253 g/mol. The molecule has 0 saturated carbocycles. The minimum absolute atomic E-state index is 0.313. The zero-order valence-electron chi connectivity index (χ0n) is 10.3. The normalized spacial score (nSPS) is 12.7. The molecule has 0 fully saturated rings. The fourth-order valence-corrected chi connectivity index (χ4v) is 1.89. The van der Waals surface area contributed by atoms with E-state index in [4.69, 9.17) is 16.0 Å². The van der Waals surface area contributed by atoms with E-state index in [1.54, 1.807) is 12.1 Å². The first-order valence-corrected chi connectivity index (χ1v) is 6.19. The van der Waals surface area contributed by atoms with Gasteiger partial charge in [0.05, 0.1) is 5.56 Å². The van der Waals surface area contributed by atoms with Crippen LogP contribution in [0.4, 0.5) is 4.39 Å². The van der Waals surface area contributed by atoms with Gasteiger partial charge in [0.2, 0.25) is 0 Å². The van der Waals surface area contributed by atoms with Crippen molar-refractivity contribution < 1.29 is 8.81 Å². The quantitative estimate of drug-likeness (QED) is 0.909. The van der Waals surface area contributed by atoms with E-state index in [0.29, 0.717) is 22.4 Å². The molecule has 0 spiro atoms. The fourth-order valence-electron chi connectivity index (χ4n) is 1.72. The van der Waals surface area contributed by atoms with Crippen molar-refractivity contribution in [2.45, 2.75) is 19.4 Å². The van der Waals surface area contributed by atoms with Crippen LogP contribution < -0.4 is 5.32 Å². The summed E-state index contributed by atoms with van der Waals surface area (Å²) in [5, 5.41) is 3.62. The maximum absolute atomic E-state index is 13.7. The second kappa shape index (κ2) is 5.55. The van der Waals surface area contributed by atoms with Crippen LogP contribution in [0.5, 0.6) is 0 Å². The summed E-state index contributed by atoms with van der Waals surface area (Å²) in [6.45, 7) is 2.06. The molecule has 0 radical (unpaired) electrons. The third-order valence-corrected chi connectivity index (χ3v) is 3.09. The summed E-state index contributed by atoms with van der Waals surface area (Å²) in [5.41, 5.74) is 0.394. The Bertz CT molecular complexity index is 538. The van der Waals surface area contributed by atoms with Crippen molar-refractivity contribution in [1.82, 2.24) is 5.32 Å². The van der Waals surface area contributed by atoms with Crippen LogP contribution in [0.15, 0.2) is 34.7 Å². The smallest absolute Gasteiger partial charge is 0.137 e. The summed E-state index contributed by atoms with van der Waals surface area (Å²) in [5.74, 6) is 1.00. The first kappa shape index (κ1) is 13.1. The molecule has 1 aromatic carbocycles. The van der Waals surface area contributed by atoms with Crippen molar-refractivity contribution in [3.63, 3.8) is 0 Å². The maximum Gasteiger partial charge on any atom is 0.137 e. The van der Waals surface area contributed by atoms with Crippen molar-refractivity contribution in [2.75, 3.05) is 7.05 Å². The highest BCUT2D eigenvalue weighted by molar-refractivity contribution is 6.30. The highest BCUT2D eigenvalue weighted by Crippen LogP contribution is 2.28. The number of hydrogen-bond acceptors (Lipinski definition) is 2. The van der Waals surface area contributed by atoms with Crippen molar-refractivity contribution in [3.8, 4) is 11.3 Å². The summed E-state index contributed by atoms with van der Waals surface area (Å²) >= 11 is 5.86. The summed E-state index contributed by atoms with van der Waals surface area (Å²) in [6, 6.07) is 8.38. The van der Waals surface area contributed by atoms with E-state index in [0.717, 1.165) is 12.2 Å². The molecule has 2 rings (SSSR count). The van der Waals surface area contributed by atoms with E-state index in [-0.39, 0.29) is 5.82 Å². The first-order chi connectivity index (χ1) is 8.60. The molecule has 96 valence electrons. The molecule has 1 atom stereocenters. The van der Waals surface area contributed by atoms with Gasteiger partial charge in [0.1, 0.15) is 17.3 Å². The Morgan fingerprint density at radius 1 is 1.33 bits per heavy atom. The van der Waals surface area contributed by atoms with Crippen LogP contribution in [0.3, 0.4) is 0 Å². The fraction of sp³-hybridized carbons (Fsp3) is 0.286. The molecule has 0 aliphatic carbocycles. The van der Waals surface area contributed by atoms with Crippen LogP contribution >= 0.6 is 11.6 Å². The molecule has 1 heterocycles. The van der Waals surface area contributed by atoms with Crippen molar-refractivity contribution in [3.05, 3.63) is 46.9 Å². The van der Waals surface area contributed by atoms with Gasteiger partial charge in [0, 0.05) is 17.5 Å². The molecule has 18 heavy (non-hydrogen) atoms. The van der Waals surface area contributed by atoms with E-state index in [1.807, 2.05) is 13.1 Å². The van der Waals surface area contributed by atoms with E-state index in [1.165, 1.54) is 12.1 Å². The Morgan fingerprint density at radius 3 is 2.83 bits per heavy atom. The van der Waals surface area contributed by atoms with Gasteiger partial charge in [0.25, 0.3) is 0 Å². The molecule has 0 bridgehead atoms. The number of halogens is 2. The van der Waals surface area contributed by atoms with Gasteiger partial charge in [-0.2, -0.15) is 0 Å². The molecule has 1 unspecified atom stereocenters. The van der Waals surface area contributed by atoms with Gasteiger partial charge < -0.3 is 9.73 Å². The molecule has 4 heteroatoms. The van der Waals surface area contributed by atoms with E-state index in [9.17, 15) is 4.39 Å². The Labute approximate surface area is 111 Å². The lowest BCUT2D eigenvalue weighted by Gasteiger charge is -2.07. The average Bonchev–Trinajstić information content (AvgIpc) is 2.80. The number of benzene rings is 1. The zero-order chi connectivity index (χ0) is 13.1. The van der Waals surface area contributed by atoms with Crippen LogP contribution in [0.25, 0.3) is 11.3 Å². The summed E-state index contributed by atoms with van der Waals surface area (Å²) in [7, 11) is 1.89. The monoisotopic (exact) mass is 267 g/mol. The summed E-state index contributed by atoms with van der Waals surface area (Å²) < 4.78 is 19.3. The summed E-state index contributed by atoms with van der Waals surface area (Å²) in [6.07, 6.45) is 0.763. The standard InChI is InChI=1S/C14H15ClFNO/c1-9(17-2)7-11-4-6-14(18-11)12-8-10(15)3-5-13(12)16/h3-6,8-9,17H,7H2,1-2H3. The highest BCUT2D eigenvalue weighted by Gasteiger charge is 2.11. The Balaban J connectivity index is 2.26. The Morgan fingerprint density at radius 2 is 2.11 bits per heavy atom. The molecule has 2 aromatic rings. The van der Waals surface area contributed by atoms with Crippen LogP contribution in [0.2, 0.25) is 5.02 Å². The lowest BCUT2D eigenvalue weighted by Crippen LogP contribution is -2.23. The topological polar surface area (TPSA) is 25.2 Å². The molecule has 0 aliphatic rings. The van der Waals surface area contributed by atoms with Crippen LogP contribution in [-0.4, -0.2) is 13.1 Å². The predicted molar refractivity (Wildman–Crippen MR) is 71.3 cm³/mol. The minimum atomic E-state index is -0.332. The summed E-state index contributed by atoms with van der Waals surface area (Å²) in [4.78, 5) is 0. The van der Waals surface area contributed by atoms with Gasteiger partial charge in [-0.25, -0.2) is 4.39 Å². The average molecular weight is 268 g/mol. The number of likely N-dealkylation sites (N-methyl/N-ethyl adjacent to an activating group) is 1. The molecule has 2 nitrogen and oxygen atoms in total. The molecule has 1 aromatic heterocycles. The van der Waals surface area contributed by atoms with Crippen LogP contribution in [0.1, 0.15) is 12.7 Å². The Kier molecular flexibility index (Phi) is 4.04. The molecule has 0 saturated heterocycles. The number of rotatable bonds is 4. The largest absolute Gasteiger partial charge is 0.461 e. The third-order valence-electron chi connectivity index (χ3n) is 2.86. The Hall–Kier alpha value is -1.32. The molecule has 0 aliphatic heterocycles. The van der Waals surface area contributed by atoms with E-state index >= 15 is 0 Å². The zero-order valence-corrected chi connectivity index (χ0v) is 11.1. The highest BCUT2D eigenvalue weighted by atomic mass is 35.5. The van der Waals surface area contributed by atoms with Gasteiger partial charge in [-0.1, -0.05) is 11.6 Å². The van der Waals surface area contributed by atoms with Crippen molar-refractivity contribution >= 4 is 11.6 Å². The number of nitrogens with one attached hydrogen (secondary N) is 1. The minimum Gasteiger partial charge on any atom is -0.461 e. The molecule has 1 N–H and O–H groups in total. The lowest BCUT2D eigenvalue weighted by molar-refractivity contribution is 0.479. The number of furan rings is 1. The second-order valence-electron chi connectivity index (χ2n) is 4.28. The second-order valence-corrected chi connectivity index (χ2v) is 4.72. The van der Waals surface area contributed by atoms with Gasteiger partial charge >= 0.3 is 0 Å². The van der Waals surface area contributed by atoms with Crippen LogP contribution in [0, 0.1) is 5.82 Å². The van der Waals surface area contributed by atoms with Gasteiger partial charge in [-0.15, -0.1) is 0 Å². The van der Waals surface area contributed by atoms with Crippen molar-refractivity contribution in [1.29, 1.82) is 0 Å². The molecular formula is C14H15ClFNO. The van der Waals surface area contributed by atoms with E-state index < -0.39 is 0 Å². The predicted octanol–water partition coefficient (Wildman–Crippen LogP) is 3.89.